The number of aliphatic hydroxyl groups excluding tert-OH is 1. The van der Waals surface area contributed by atoms with Crippen LogP contribution in [0.1, 0.15) is 6.23 Å². The van der Waals surface area contributed by atoms with Crippen molar-refractivity contribution in [2.24, 2.45) is 0 Å². The predicted octanol–water partition coefficient (Wildman–Crippen LogP) is -0.545. The normalized spacial score (nSPS) is 12.1. The average molecular weight is 223 g/mol. The van der Waals surface area contributed by atoms with E-state index in [0.717, 1.165) is 16.7 Å². The monoisotopic (exact) mass is 223 g/mol. The second kappa shape index (κ2) is 4.63. The SMILES string of the molecule is C=CCn1c(N)cc(=O)n(C(O)C=C)c1=O. The Bertz CT molecular complexity index is 527. The van der Waals surface area contributed by atoms with E-state index in [1.54, 1.807) is 0 Å². The molecule has 3 N–H and O–H groups in total. The van der Waals surface area contributed by atoms with Crippen molar-refractivity contribution in [1.29, 1.82) is 0 Å². The summed E-state index contributed by atoms with van der Waals surface area (Å²) < 4.78 is 1.79. The zero-order valence-corrected chi connectivity index (χ0v) is 8.67. The van der Waals surface area contributed by atoms with Gasteiger partial charge in [0.05, 0.1) is 0 Å². The minimum Gasteiger partial charge on any atom is -0.385 e. The van der Waals surface area contributed by atoms with E-state index in [9.17, 15) is 14.7 Å². The van der Waals surface area contributed by atoms with Crippen molar-refractivity contribution in [1.82, 2.24) is 9.13 Å². The third-order valence-electron chi connectivity index (χ3n) is 2.04. The summed E-state index contributed by atoms with van der Waals surface area (Å²) >= 11 is 0. The molecule has 0 aliphatic carbocycles. The maximum atomic E-state index is 11.8. The summed E-state index contributed by atoms with van der Waals surface area (Å²) in [5, 5.41) is 9.44. The molecule has 0 radical (unpaired) electrons. The zero-order valence-electron chi connectivity index (χ0n) is 8.67. The minimum atomic E-state index is -1.36. The lowest BCUT2D eigenvalue weighted by atomic mass is 10.4. The molecule has 1 aromatic rings. The summed E-state index contributed by atoms with van der Waals surface area (Å²) in [5.41, 5.74) is 4.15. The first-order chi connectivity index (χ1) is 7.52. The smallest absolute Gasteiger partial charge is 0.335 e. The Labute approximate surface area is 91.6 Å². The van der Waals surface area contributed by atoms with Gasteiger partial charge in [-0.1, -0.05) is 12.7 Å². The van der Waals surface area contributed by atoms with Gasteiger partial charge in [0.1, 0.15) is 5.82 Å². The van der Waals surface area contributed by atoms with Gasteiger partial charge in [-0.25, -0.2) is 9.36 Å². The Morgan fingerprint density at radius 1 is 1.50 bits per heavy atom. The highest BCUT2D eigenvalue weighted by Crippen LogP contribution is 1.99. The molecule has 1 rings (SSSR count). The van der Waals surface area contributed by atoms with E-state index in [1.807, 2.05) is 0 Å². The van der Waals surface area contributed by atoms with E-state index in [2.05, 4.69) is 13.2 Å². The van der Waals surface area contributed by atoms with Crippen LogP contribution in [0.25, 0.3) is 0 Å². The van der Waals surface area contributed by atoms with Crippen LogP contribution < -0.4 is 17.0 Å². The summed E-state index contributed by atoms with van der Waals surface area (Å²) in [6, 6.07) is 1.07. The summed E-state index contributed by atoms with van der Waals surface area (Å²) in [6.45, 7) is 6.94. The lowest BCUT2D eigenvalue weighted by Gasteiger charge is -2.13. The number of aromatic nitrogens is 2. The molecule has 0 amide bonds. The van der Waals surface area contributed by atoms with Gasteiger partial charge in [0.25, 0.3) is 5.56 Å². The standard InChI is InChI=1S/C10H13N3O3/c1-3-5-12-7(11)6-9(15)13(10(12)16)8(14)4-2/h3-4,6,8,14H,1-2,5,11H2. The molecule has 1 atom stereocenters. The topological polar surface area (TPSA) is 90.2 Å². The minimum absolute atomic E-state index is 0.0300. The third kappa shape index (κ3) is 1.96. The van der Waals surface area contributed by atoms with Gasteiger partial charge in [0.15, 0.2) is 6.23 Å². The number of aliphatic hydroxyl groups is 1. The lowest BCUT2D eigenvalue weighted by Crippen LogP contribution is -2.42. The number of hydrogen-bond acceptors (Lipinski definition) is 4. The number of anilines is 1. The van der Waals surface area contributed by atoms with Crippen molar-refractivity contribution in [2.45, 2.75) is 12.8 Å². The van der Waals surface area contributed by atoms with Crippen LogP contribution in [0.5, 0.6) is 0 Å². The third-order valence-corrected chi connectivity index (χ3v) is 2.04. The molecule has 1 aromatic heterocycles. The molecule has 0 spiro atoms. The maximum Gasteiger partial charge on any atom is 0.335 e. The van der Waals surface area contributed by atoms with Crippen molar-refractivity contribution in [3.8, 4) is 0 Å². The lowest BCUT2D eigenvalue weighted by molar-refractivity contribution is 0.143. The molecular formula is C10H13N3O3. The predicted molar refractivity (Wildman–Crippen MR) is 61.0 cm³/mol. The Balaban J connectivity index is 3.57. The molecule has 0 saturated heterocycles. The highest BCUT2D eigenvalue weighted by atomic mass is 16.3. The van der Waals surface area contributed by atoms with Gasteiger partial charge in [0.2, 0.25) is 0 Å². The molecule has 6 heteroatoms. The average Bonchev–Trinajstić information content (AvgIpc) is 2.23. The molecule has 1 heterocycles. The fraction of sp³-hybridized carbons (Fsp3) is 0.200. The first kappa shape index (κ1) is 12.0. The van der Waals surface area contributed by atoms with Crippen molar-refractivity contribution >= 4 is 5.82 Å². The Morgan fingerprint density at radius 2 is 2.12 bits per heavy atom. The first-order valence-corrected chi connectivity index (χ1v) is 4.56. The number of rotatable bonds is 4. The van der Waals surface area contributed by atoms with E-state index >= 15 is 0 Å². The Morgan fingerprint density at radius 3 is 2.62 bits per heavy atom. The number of allylic oxidation sites excluding steroid dienone is 1. The van der Waals surface area contributed by atoms with Crippen LogP contribution in [0, 0.1) is 0 Å². The van der Waals surface area contributed by atoms with Crippen LogP contribution in [0.4, 0.5) is 5.82 Å². The number of nitrogens with two attached hydrogens (primary N) is 1. The molecule has 0 aliphatic rings. The van der Waals surface area contributed by atoms with Gasteiger partial charge in [0, 0.05) is 12.6 Å². The number of hydrogen-bond donors (Lipinski definition) is 2. The second-order valence-electron chi connectivity index (χ2n) is 3.11. The maximum absolute atomic E-state index is 11.8. The molecule has 86 valence electrons. The van der Waals surface area contributed by atoms with Gasteiger partial charge >= 0.3 is 5.69 Å². The fourth-order valence-electron chi connectivity index (χ4n) is 1.27. The molecule has 1 unspecified atom stereocenters. The van der Waals surface area contributed by atoms with Crippen LogP contribution >= 0.6 is 0 Å². The second-order valence-corrected chi connectivity index (χ2v) is 3.11. The Kier molecular flexibility index (Phi) is 3.47. The summed E-state index contributed by atoms with van der Waals surface area (Å²) in [6.07, 6.45) is 1.18. The van der Waals surface area contributed by atoms with Gasteiger partial charge < -0.3 is 10.8 Å². The van der Waals surface area contributed by atoms with Crippen molar-refractivity contribution in [2.75, 3.05) is 5.73 Å². The molecule has 0 saturated carbocycles. The van der Waals surface area contributed by atoms with Gasteiger partial charge in [-0.3, -0.25) is 9.36 Å². The summed E-state index contributed by atoms with van der Waals surface area (Å²) in [7, 11) is 0. The van der Waals surface area contributed by atoms with E-state index in [1.165, 1.54) is 6.08 Å². The van der Waals surface area contributed by atoms with Crippen LogP contribution in [0.15, 0.2) is 41.0 Å². The number of nitrogens with zero attached hydrogens (tertiary/aromatic N) is 2. The van der Waals surface area contributed by atoms with E-state index in [-0.39, 0.29) is 12.4 Å². The van der Waals surface area contributed by atoms with Crippen molar-refractivity contribution in [3.05, 3.63) is 52.2 Å². The van der Waals surface area contributed by atoms with E-state index in [4.69, 9.17) is 5.73 Å². The van der Waals surface area contributed by atoms with Crippen LogP contribution in [-0.2, 0) is 6.54 Å². The molecule has 0 aliphatic heterocycles. The zero-order chi connectivity index (χ0) is 12.3. The molecule has 0 aromatic carbocycles. The fourth-order valence-corrected chi connectivity index (χ4v) is 1.27. The molecular weight excluding hydrogens is 210 g/mol. The largest absolute Gasteiger partial charge is 0.385 e. The van der Waals surface area contributed by atoms with Crippen LogP contribution in [0.3, 0.4) is 0 Å². The van der Waals surface area contributed by atoms with Crippen LogP contribution in [0.2, 0.25) is 0 Å². The first-order valence-electron chi connectivity index (χ1n) is 4.56. The molecule has 0 fully saturated rings. The molecule has 0 bridgehead atoms. The highest BCUT2D eigenvalue weighted by molar-refractivity contribution is 5.27. The molecule has 6 nitrogen and oxygen atoms in total. The summed E-state index contributed by atoms with van der Waals surface area (Å²) in [4.78, 5) is 23.2. The van der Waals surface area contributed by atoms with Gasteiger partial charge in [-0.15, -0.1) is 6.58 Å². The molecule has 16 heavy (non-hydrogen) atoms. The van der Waals surface area contributed by atoms with Gasteiger partial charge in [-0.05, 0) is 6.08 Å². The van der Waals surface area contributed by atoms with E-state index < -0.39 is 17.5 Å². The van der Waals surface area contributed by atoms with Crippen LogP contribution in [-0.4, -0.2) is 14.2 Å². The quantitative estimate of drug-likeness (QED) is 0.670. The Hall–Kier alpha value is -2.08. The van der Waals surface area contributed by atoms with Gasteiger partial charge in [-0.2, -0.15) is 0 Å². The van der Waals surface area contributed by atoms with E-state index in [0.29, 0.717) is 4.57 Å². The van der Waals surface area contributed by atoms with Crippen molar-refractivity contribution < 1.29 is 5.11 Å². The number of nitrogen functional groups attached to an aromatic ring is 1. The summed E-state index contributed by atoms with van der Waals surface area (Å²) in [5.74, 6) is 0.0300. The highest BCUT2D eigenvalue weighted by Gasteiger charge is 2.12. The van der Waals surface area contributed by atoms with Crippen molar-refractivity contribution in [3.63, 3.8) is 0 Å².